The zero-order valence-corrected chi connectivity index (χ0v) is 23.6. The van der Waals surface area contributed by atoms with Crippen molar-refractivity contribution in [2.24, 2.45) is 0 Å². The molecule has 1 heterocycles. The van der Waals surface area contributed by atoms with E-state index in [0.29, 0.717) is 39.5 Å². The molecule has 0 aliphatic rings. The third-order valence-electron chi connectivity index (χ3n) is 6.08. The summed E-state index contributed by atoms with van der Waals surface area (Å²) in [6, 6.07) is 30.4. The van der Waals surface area contributed by atoms with Crippen LogP contribution >= 0.6 is 23.4 Å². The number of benzene rings is 4. The van der Waals surface area contributed by atoms with E-state index >= 15 is 0 Å². The molecule has 0 amide bonds. The van der Waals surface area contributed by atoms with Gasteiger partial charge in [0.1, 0.15) is 17.2 Å². The highest BCUT2D eigenvalue weighted by Crippen LogP contribution is 2.31. The number of nitrogens with one attached hydrogen (secondary N) is 2. The van der Waals surface area contributed by atoms with Gasteiger partial charge in [-0.25, -0.2) is 9.83 Å². The van der Waals surface area contributed by atoms with Crippen molar-refractivity contribution in [2.75, 3.05) is 12.4 Å². The van der Waals surface area contributed by atoms with E-state index in [-0.39, 0.29) is 5.69 Å². The van der Waals surface area contributed by atoms with E-state index in [2.05, 4.69) is 26.2 Å². The summed E-state index contributed by atoms with van der Waals surface area (Å²) in [4.78, 5) is 23.4. The van der Waals surface area contributed by atoms with E-state index < -0.39 is 5.56 Å². The normalized spacial score (nSPS) is 10.6. The van der Waals surface area contributed by atoms with Gasteiger partial charge in [-0.2, -0.15) is 0 Å². The molecule has 2 N–H and O–H groups in total. The highest BCUT2D eigenvalue weighted by molar-refractivity contribution is 7.98. The average molecular weight is 581 g/mol. The zero-order chi connectivity index (χ0) is 28.6. The Hall–Kier alpha value is -4.71. The van der Waals surface area contributed by atoms with Crippen LogP contribution in [0.25, 0.3) is 16.1 Å². The second kappa shape index (κ2) is 13.1. The summed E-state index contributed by atoms with van der Waals surface area (Å²) in [6.45, 7) is 8.10. The first-order chi connectivity index (χ1) is 20.0. The van der Waals surface area contributed by atoms with Crippen LogP contribution in [-0.4, -0.2) is 17.1 Å². The molecule has 0 saturated heterocycles. The van der Waals surface area contributed by atoms with Gasteiger partial charge >= 0.3 is 0 Å². The minimum absolute atomic E-state index is 0.0450. The molecular formula is C32H25ClN4O3S. The number of ether oxygens (including phenoxy) is 2. The summed E-state index contributed by atoms with van der Waals surface area (Å²) >= 11 is 7.36. The molecule has 0 atom stereocenters. The molecule has 4 aromatic carbocycles. The largest absolute Gasteiger partial charge is 0.497 e. The van der Waals surface area contributed by atoms with Crippen molar-refractivity contribution in [3.63, 3.8) is 0 Å². The molecule has 41 heavy (non-hydrogen) atoms. The van der Waals surface area contributed by atoms with Crippen molar-refractivity contribution in [3.8, 4) is 28.5 Å². The number of thioether (sulfide) groups is 1. The van der Waals surface area contributed by atoms with E-state index in [9.17, 15) is 4.79 Å². The molecule has 5 rings (SSSR count). The Morgan fingerprint density at radius 2 is 1.68 bits per heavy atom. The van der Waals surface area contributed by atoms with Crippen LogP contribution < -0.4 is 20.3 Å². The Morgan fingerprint density at radius 3 is 2.49 bits per heavy atom. The van der Waals surface area contributed by atoms with Crippen LogP contribution in [0.4, 0.5) is 11.4 Å². The number of anilines is 1. The van der Waals surface area contributed by atoms with Crippen LogP contribution in [0.2, 0.25) is 5.02 Å². The van der Waals surface area contributed by atoms with Gasteiger partial charge in [-0.3, -0.25) is 4.79 Å². The van der Waals surface area contributed by atoms with Crippen molar-refractivity contribution in [2.45, 2.75) is 17.5 Å². The van der Waals surface area contributed by atoms with Crippen LogP contribution in [0.1, 0.15) is 11.1 Å². The van der Waals surface area contributed by atoms with Gasteiger partial charge in [-0.1, -0.05) is 59.8 Å². The fourth-order valence-corrected chi connectivity index (χ4v) is 5.00. The first-order valence-corrected chi connectivity index (χ1v) is 14.0. The van der Waals surface area contributed by atoms with E-state index in [0.717, 1.165) is 28.3 Å². The quantitative estimate of drug-likeness (QED) is 0.0981. The molecule has 5 aromatic rings. The number of hydrogen-bond donors (Lipinski definition) is 2. The number of halogens is 1. The van der Waals surface area contributed by atoms with Gasteiger partial charge in [0.05, 0.1) is 19.4 Å². The summed E-state index contributed by atoms with van der Waals surface area (Å²) in [6.07, 6.45) is 0. The molecule has 0 saturated carbocycles. The van der Waals surface area contributed by atoms with Gasteiger partial charge < -0.3 is 19.8 Å². The fraction of sp³-hybridized carbons (Fsp3) is 0.0938. The lowest BCUT2D eigenvalue weighted by atomic mass is 10.1. The number of hydrogen-bond acceptors (Lipinski definition) is 6. The lowest BCUT2D eigenvalue weighted by Gasteiger charge is -2.11. The molecule has 0 fully saturated rings. The third-order valence-corrected chi connectivity index (χ3v) is 7.27. The Labute approximate surface area is 247 Å². The molecule has 7 nitrogen and oxygen atoms in total. The minimum atomic E-state index is -0.465. The average Bonchev–Trinajstić information content (AvgIpc) is 3.00. The second-order valence-corrected chi connectivity index (χ2v) is 10.4. The van der Waals surface area contributed by atoms with Gasteiger partial charge in [0.25, 0.3) is 11.2 Å². The number of nitrogens with zero attached hydrogens (tertiary/aromatic N) is 2. The molecule has 0 aliphatic carbocycles. The maximum absolute atomic E-state index is 12.7. The first-order valence-electron chi connectivity index (χ1n) is 12.6. The van der Waals surface area contributed by atoms with Gasteiger partial charge in [0.2, 0.25) is 0 Å². The number of H-pyrrole nitrogens is 1. The first kappa shape index (κ1) is 27.8. The van der Waals surface area contributed by atoms with Gasteiger partial charge in [0, 0.05) is 23.0 Å². The fourth-order valence-electron chi connectivity index (χ4n) is 4.07. The molecular weight excluding hydrogens is 556 g/mol. The topological polar surface area (TPSA) is 80.6 Å². The van der Waals surface area contributed by atoms with Gasteiger partial charge in [0.15, 0.2) is 5.16 Å². The molecule has 9 heteroatoms. The highest BCUT2D eigenvalue weighted by Gasteiger charge is 2.15. The second-order valence-electron chi connectivity index (χ2n) is 8.96. The van der Waals surface area contributed by atoms with Crippen LogP contribution in [0.3, 0.4) is 0 Å². The number of methoxy groups -OCH3 is 1. The highest BCUT2D eigenvalue weighted by atomic mass is 35.5. The van der Waals surface area contributed by atoms with Crippen molar-refractivity contribution in [1.82, 2.24) is 9.97 Å². The van der Waals surface area contributed by atoms with Gasteiger partial charge in [-0.05, 0) is 77.4 Å². The lowest BCUT2D eigenvalue weighted by Crippen LogP contribution is -2.09. The van der Waals surface area contributed by atoms with Crippen LogP contribution in [0.5, 0.6) is 17.2 Å². The number of aromatic amines is 1. The predicted molar refractivity (Wildman–Crippen MR) is 164 cm³/mol. The predicted octanol–water partition coefficient (Wildman–Crippen LogP) is 8.35. The summed E-state index contributed by atoms with van der Waals surface area (Å²) in [7, 11) is 1.57. The Balaban J connectivity index is 1.25. The van der Waals surface area contributed by atoms with Crippen LogP contribution in [-0.2, 0) is 12.3 Å². The Bertz CT molecular complexity index is 1770. The third kappa shape index (κ3) is 7.28. The standard InChI is InChI=1S/C32H25ClN4O3S/c1-34-30-29(23-8-5-10-27(18-23)39-2)36-32(37-31(30)38)41-20-22-7-3-9-25(16-22)35-19-21-6-4-11-28(17-21)40-26-14-12-24(33)13-15-26/h3-18,35H,19-20H2,2H3,(H,36,37,38). The van der Waals surface area contributed by atoms with Crippen LogP contribution in [0, 0.1) is 6.57 Å². The summed E-state index contributed by atoms with van der Waals surface area (Å²) in [5.74, 6) is 2.67. The Kier molecular flexibility index (Phi) is 8.89. The SMILES string of the molecule is [C-]#[N+]c1c(-c2cccc(OC)c2)nc(SCc2cccc(NCc3cccc(Oc4ccc(Cl)cc4)c3)c2)[nH]c1=O. The summed E-state index contributed by atoms with van der Waals surface area (Å²) in [5.41, 5.74) is 3.57. The van der Waals surface area contributed by atoms with E-state index in [1.54, 1.807) is 37.4 Å². The molecule has 0 spiro atoms. The maximum atomic E-state index is 12.7. The van der Waals surface area contributed by atoms with E-state index in [1.807, 2.05) is 60.7 Å². The smallest absolute Gasteiger partial charge is 0.276 e. The molecule has 204 valence electrons. The zero-order valence-electron chi connectivity index (χ0n) is 22.1. The summed E-state index contributed by atoms with van der Waals surface area (Å²) in [5, 5.41) is 4.57. The minimum Gasteiger partial charge on any atom is -0.497 e. The maximum Gasteiger partial charge on any atom is 0.276 e. The number of rotatable bonds is 10. The molecule has 1 aromatic heterocycles. The van der Waals surface area contributed by atoms with Crippen molar-refractivity contribution in [3.05, 3.63) is 135 Å². The molecule has 0 unspecified atom stereocenters. The lowest BCUT2D eigenvalue weighted by molar-refractivity contribution is 0.415. The van der Waals surface area contributed by atoms with Gasteiger partial charge in [-0.15, -0.1) is 0 Å². The van der Waals surface area contributed by atoms with E-state index in [1.165, 1.54) is 11.8 Å². The van der Waals surface area contributed by atoms with Crippen molar-refractivity contribution in [1.29, 1.82) is 0 Å². The Morgan fingerprint density at radius 1 is 0.927 bits per heavy atom. The molecule has 0 radical (unpaired) electrons. The van der Waals surface area contributed by atoms with Crippen molar-refractivity contribution >= 4 is 34.7 Å². The van der Waals surface area contributed by atoms with Crippen molar-refractivity contribution < 1.29 is 9.47 Å². The monoisotopic (exact) mass is 580 g/mol. The molecule has 0 aliphatic heterocycles. The van der Waals surface area contributed by atoms with Crippen LogP contribution in [0.15, 0.2) is 107 Å². The number of aromatic nitrogens is 2. The van der Waals surface area contributed by atoms with E-state index in [4.69, 9.17) is 27.6 Å². The summed E-state index contributed by atoms with van der Waals surface area (Å²) < 4.78 is 11.2. The molecule has 0 bridgehead atoms.